The fraction of sp³-hybridized carbons (Fsp3) is 0.500. The lowest BCUT2D eigenvalue weighted by Crippen LogP contribution is -2.34. The maximum Gasteiger partial charge on any atom is 0.228 e. The van der Waals surface area contributed by atoms with Gasteiger partial charge in [0.2, 0.25) is 5.91 Å². The molecule has 1 aliphatic rings. The molecule has 2 aromatic rings. The van der Waals surface area contributed by atoms with Crippen molar-refractivity contribution in [3.05, 3.63) is 35.5 Å². The average Bonchev–Trinajstić information content (AvgIpc) is 2.80. The molecule has 1 amide bonds. The first-order chi connectivity index (χ1) is 11.0. The number of nitrogens with zero attached hydrogens (tertiary/aromatic N) is 6. The van der Waals surface area contributed by atoms with Gasteiger partial charge in [-0.15, -0.1) is 0 Å². The van der Waals surface area contributed by atoms with Crippen LogP contribution < -0.4 is 4.90 Å². The molecule has 0 fully saturated rings. The lowest BCUT2D eigenvalue weighted by Gasteiger charge is -2.20. The van der Waals surface area contributed by atoms with Crippen LogP contribution in [-0.2, 0) is 31.1 Å². The summed E-state index contributed by atoms with van der Waals surface area (Å²) < 4.78 is 1.72. The molecule has 0 aliphatic carbocycles. The van der Waals surface area contributed by atoms with E-state index in [1.54, 1.807) is 11.0 Å². The minimum absolute atomic E-state index is 0.121. The Morgan fingerprint density at radius 2 is 2.04 bits per heavy atom. The Bertz CT molecular complexity index is 708. The molecule has 3 rings (SSSR count). The number of aryl methyl sites for hydroxylation is 1. The van der Waals surface area contributed by atoms with E-state index in [2.05, 4.69) is 15.1 Å². The molecule has 0 saturated heterocycles. The van der Waals surface area contributed by atoms with Crippen molar-refractivity contribution in [2.75, 3.05) is 32.1 Å². The molecule has 1 aliphatic heterocycles. The normalized spacial score (nSPS) is 14.3. The summed E-state index contributed by atoms with van der Waals surface area (Å²) in [6, 6.07) is 1.89. The molecule has 0 unspecified atom stereocenters. The van der Waals surface area contributed by atoms with Gasteiger partial charge in [-0.05, 0) is 12.5 Å². The number of rotatable bonds is 3. The van der Waals surface area contributed by atoms with E-state index in [0.717, 1.165) is 35.6 Å². The average molecular weight is 314 g/mol. The van der Waals surface area contributed by atoms with Crippen LogP contribution >= 0.6 is 0 Å². The first-order valence-electron chi connectivity index (χ1n) is 7.81. The quantitative estimate of drug-likeness (QED) is 0.823. The second kappa shape index (κ2) is 6.36. The van der Waals surface area contributed by atoms with E-state index >= 15 is 0 Å². The number of fused-ring (bicyclic) bond motifs is 1. The lowest BCUT2D eigenvalue weighted by atomic mass is 10.1. The third-order valence-electron chi connectivity index (χ3n) is 4.14. The molecule has 3 heterocycles. The van der Waals surface area contributed by atoms with Crippen molar-refractivity contribution in [2.24, 2.45) is 7.05 Å². The van der Waals surface area contributed by atoms with Crippen molar-refractivity contribution in [2.45, 2.75) is 19.3 Å². The van der Waals surface area contributed by atoms with Crippen molar-refractivity contribution >= 4 is 11.7 Å². The van der Waals surface area contributed by atoms with Crippen LogP contribution in [0.1, 0.15) is 17.0 Å². The van der Waals surface area contributed by atoms with Gasteiger partial charge in [0.25, 0.3) is 0 Å². The van der Waals surface area contributed by atoms with Gasteiger partial charge in [0, 0.05) is 52.4 Å². The zero-order chi connectivity index (χ0) is 16.4. The molecule has 0 N–H and O–H groups in total. The maximum atomic E-state index is 12.5. The van der Waals surface area contributed by atoms with E-state index < -0.39 is 0 Å². The Morgan fingerprint density at radius 3 is 2.74 bits per heavy atom. The van der Waals surface area contributed by atoms with Crippen LogP contribution in [0.5, 0.6) is 0 Å². The molecule has 0 bridgehead atoms. The first-order valence-corrected chi connectivity index (χ1v) is 7.81. The van der Waals surface area contributed by atoms with Gasteiger partial charge >= 0.3 is 0 Å². The van der Waals surface area contributed by atoms with E-state index in [1.165, 1.54) is 0 Å². The summed E-state index contributed by atoms with van der Waals surface area (Å²) in [6.45, 7) is 1.40. The van der Waals surface area contributed by atoms with Crippen LogP contribution in [0.2, 0.25) is 0 Å². The van der Waals surface area contributed by atoms with E-state index in [0.29, 0.717) is 19.5 Å². The number of hydrogen-bond acceptors (Lipinski definition) is 5. The Balaban J connectivity index is 1.72. The van der Waals surface area contributed by atoms with Crippen molar-refractivity contribution in [3.8, 4) is 0 Å². The molecule has 0 saturated carbocycles. The van der Waals surface area contributed by atoms with Gasteiger partial charge in [-0.1, -0.05) is 0 Å². The number of hydrogen-bond donors (Lipinski definition) is 0. The largest absolute Gasteiger partial charge is 0.362 e. The van der Waals surface area contributed by atoms with Crippen molar-refractivity contribution in [3.63, 3.8) is 0 Å². The van der Waals surface area contributed by atoms with Crippen molar-refractivity contribution < 1.29 is 4.79 Å². The second-order valence-electron chi connectivity index (χ2n) is 6.06. The second-order valence-corrected chi connectivity index (χ2v) is 6.06. The van der Waals surface area contributed by atoms with Gasteiger partial charge in [0.05, 0.1) is 17.8 Å². The van der Waals surface area contributed by atoms with Gasteiger partial charge in [0.15, 0.2) is 0 Å². The number of amides is 1. The van der Waals surface area contributed by atoms with Gasteiger partial charge in [0.1, 0.15) is 12.1 Å². The number of carbonyl (C=O) groups excluding carboxylic acids is 1. The SMILES string of the molecule is CN(C)c1ncnc2c1CCN(C(=O)Cc1ccn(C)n1)CC2. The fourth-order valence-corrected chi connectivity index (χ4v) is 2.97. The van der Waals surface area contributed by atoms with Crippen LogP contribution in [0.25, 0.3) is 0 Å². The Hall–Kier alpha value is -2.44. The molecule has 0 aromatic carbocycles. The zero-order valence-corrected chi connectivity index (χ0v) is 13.9. The van der Waals surface area contributed by atoms with Crippen LogP contribution in [0.3, 0.4) is 0 Å². The molecule has 2 aromatic heterocycles. The molecule has 23 heavy (non-hydrogen) atoms. The standard InChI is InChI=1S/C16H22N6O/c1-20(2)16-13-5-8-22(9-6-14(13)17-11-18-16)15(23)10-12-4-7-21(3)19-12/h4,7,11H,5-6,8-10H2,1-3H3. The number of anilines is 1. The van der Waals surface area contributed by atoms with Crippen LogP contribution in [0, 0.1) is 0 Å². The molecular weight excluding hydrogens is 292 g/mol. The summed E-state index contributed by atoms with van der Waals surface area (Å²) in [5, 5.41) is 4.29. The monoisotopic (exact) mass is 314 g/mol. The predicted octanol–water partition coefficient (Wildman–Crippen LogP) is 0.446. The highest BCUT2D eigenvalue weighted by Gasteiger charge is 2.22. The smallest absolute Gasteiger partial charge is 0.228 e. The van der Waals surface area contributed by atoms with E-state index in [4.69, 9.17) is 0 Å². The summed E-state index contributed by atoms with van der Waals surface area (Å²) in [5.74, 6) is 1.07. The summed E-state index contributed by atoms with van der Waals surface area (Å²) in [5.41, 5.74) is 3.02. The summed E-state index contributed by atoms with van der Waals surface area (Å²) >= 11 is 0. The van der Waals surface area contributed by atoms with Crippen LogP contribution in [-0.4, -0.2) is 57.7 Å². The van der Waals surface area contributed by atoms with E-state index in [1.807, 2.05) is 43.2 Å². The summed E-state index contributed by atoms with van der Waals surface area (Å²) in [4.78, 5) is 25.2. The van der Waals surface area contributed by atoms with Crippen molar-refractivity contribution in [1.29, 1.82) is 0 Å². The first kappa shape index (κ1) is 15.5. The third-order valence-corrected chi connectivity index (χ3v) is 4.14. The van der Waals surface area contributed by atoms with Gasteiger partial charge < -0.3 is 9.80 Å². The van der Waals surface area contributed by atoms with Gasteiger partial charge in [-0.25, -0.2) is 9.97 Å². The summed E-state index contributed by atoms with van der Waals surface area (Å²) in [7, 11) is 5.83. The third kappa shape index (κ3) is 3.33. The number of aromatic nitrogens is 4. The fourth-order valence-electron chi connectivity index (χ4n) is 2.97. The lowest BCUT2D eigenvalue weighted by molar-refractivity contribution is -0.130. The Morgan fingerprint density at radius 1 is 1.26 bits per heavy atom. The summed E-state index contributed by atoms with van der Waals surface area (Å²) in [6.07, 6.45) is 5.38. The highest BCUT2D eigenvalue weighted by atomic mass is 16.2. The highest BCUT2D eigenvalue weighted by Crippen LogP contribution is 2.22. The Labute approximate surface area is 135 Å². The van der Waals surface area contributed by atoms with E-state index in [9.17, 15) is 4.79 Å². The van der Waals surface area contributed by atoms with Crippen LogP contribution in [0.4, 0.5) is 5.82 Å². The zero-order valence-electron chi connectivity index (χ0n) is 13.9. The molecular formula is C16H22N6O. The molecule has 122 valence electrons. The van der Waals surface area contributed by atoms with Gasteiger partial charge in [-0.3, -0.25) is 9.48 Å². The van der Waals surface area contributed by atoms with Gasteiger partial charge in [-0.2, -0.15) is 5.10 Å². The number of carbonyl (C=O) groups is 1. The Kier molecular flexibility index (Phi) is 4.27. The molecule has 0 radical (unpaired) electrons. The topological polar surface area (TPSA) is 67.2 Å². The highest BCUT2D eigenvalue weighted by molar-refractivity contribution is 5.78. The minimum atomic E-state index is 0.121. The molecule has 0 atom stereocenters. The molecule has 0 spiro atoms. The minimum Gasteiger partial charge on any atom is -0.362 e. The van der Waals surface area contributed by atoms with E-state index in [-0.39, 0.29) is 5.91 Å². The molecule has 7 heteroatoms. The molecule has 7 nitrogen and oxygen atoms in total. The predicted molar refractivity (Wildman–Crippen MR) is 87.3 cm³/mol. The van der Waals surface area contributed by atoms with Crippen molar-refractivity contribution in [1.82, 2.24) is 24.6 Å². The maximum absolute atomic E-state index is 12.5. The van der Waals surface area contributed by atoms with Crippen LogP contribution in [0.15, 0.2) is 18.6 Å².